The minimum atomic E-state index is 1.22. The van der Waals surface area contributed by atoms with E-state index in [1.54, 1.807) is 0 Å². The van der Waals surface area contributed by atoms with Crippen molar-refractivity contribution in [2.75, 3.05) is 0 Å². The molecule has 1 aliphatic rings. The molecule has 0 spiro atoms. The Labute approximate surface area is 845 Å². The Hall–Kier alpha value is -19.0. The van der Waals surface area contributed by atoms with Gasteiger partial charge in [0.25, 0.3) is 0 Å². The van der Waals surface area contributed by atoms with Crippen molar-refractivity contribution in [3.8, 4) is 122 Å². The standard InChI is InChI=1S/C50H30.2C48H30/c1-2-12-40-31(9-1)19-24-38-30-48(43-15-5-6-16-45(43)49(38)40)36-11-7-10-32(28-36)33-20-21-35-29-37(23-22-34(35)27-33)39-25-26-47-42-14-4-3-13-41(42)46-18-8-17-44(39)50(46)47;1-4-14-40-31(10-1)13-9-19-41(40)37-24-23-33-26-35(22-21-34(33)27-37)39-28-36-12-3-5-15-42(36)46(30-39)47-29-38-25-20-32-11-2-6-16-43(32)48(38)45-18-8-7-17-44(45)47;1-4-15-41-31(10-1)20-25-39-30-47(44-18-7-8-19-45(44)48(39)41)36-13-9-12-32(27-36)33-21-22-35-28-38(24-23-34(35)26-33)46-29-37-11-2-3-14-40(37)42-16-5-6-17-43(42)46/h1-30H;2*1-30H. The first-order valence-electron chi connectivity index (χ1n) is 50.8. The quantitative estimate of drug-likeness (QED) is 0.126. The van der Waals surface area contributed by atoms with Gasteiger partial charge in [0.05, 0.1) is 0 Å². The van der Waals surface area contributed by atoms with E-state index in [0.717, 1.165) is 0 Å². The summed E-state index contributed by atoms with van der Waals surface area (Å²) < 4.78 is 0. The molecule has 0 nitrogen and oxygen atoms in total. The van der Waals surface area contributed by atoms with E-state index in [2.05, 4.69) is 546 Å². The number of rotatable bonds is 9. The fourth-order valence-electron chi connectivity index (χ4n) is 24.4. The van der Waals surface area contributed by atoms with Crippen LogP contribution in [0.25, 0.3) is 306 Å². The minimum absolute atomic E-state index is 1.22. The molecule has 30 aromatic rings. The Morgan fingerprint density at radius 2 is 0.301 bits per heavy atom. The fraction of sp³-hybridized carbons (Fsp3) is 0. The molecule has 0 bridgehead atoms. The summed E-state index contributed by atoms with van der Waals surface area (Å²) in [6, 6.07) is 202. The molecule has 1 aliphatic carbocycles. The summed E-state index contributed by atoms with van der Waals surface area (Å²) in [6.45, 7) is 0. The topological polar surface area (TPSA) is 0 Å². The molecule has 0 N–H and O–H groups in total. The van der Waals surface area contributed by atoms with Crippen LogP contribution in [0.1, 0.15) is 0 Å². The van der Waals surface area contributed by atoms with Gasteiger partial charge in [-0.2, -0.15) is 0 Å². The molecule has 0 aliphatic heterocycles. The molecule has 0 amide bonds. The van der Waals surface area contributed by atoms with E-state index in [1.165, 1.54) is 306 Å². The first-order valence-corrected chi connectivity index (χ1v) is 50.8. The normalized spacial score (nSPS) is 11.8. The molecule has 31 rings (SSSR count). The molecule has 0 aromatic heterocycles. The third-order valence-corrected chi connectivity index (χ3v) is 31.3. The molecule has 0 saturated carbocycles. The number of benzene rings is 30. The maximum Gasteiger partial charge on any atom is -0.00201 e. The van der Waals surface area contributed by atoms with Gasteiger partial charge in [-0.25, -0.2) is 0 Å². The van der Waals surface area contributed by atoms with Crippen molar-refractivity contribution < 1.29 is 0 Å². The highest BCUT2D eigenvalue weighted by atomic mass is 14.3. The van der Waals surface area contributed by atoms with Crippen LogP contribution in [-0.4, -0.2) is 0 Å². The first-order chi connectivity index (χ1) is 72.3. The van der Waals surface area contributed by atoms with Crippen molar-refractivity contribution in [2.24, 2.45) is 0 Å². The Balaban J connectivity index is 0.000000104. The lowest BCUT2D eigenvalue weighted by Gasteiger charge is -2.16. The largest absolute Gasteiger partial charge is 0.0616 e. The zero-order chi connectivity index (χ0) is 96.0. The summed E-state index contributed by atoms with van der Waals surface area (Å²) in [5.41, 5.74) is 27.8. The van der Waals surface area contributed by atoms with Crippen LogP contribution in [-0.2, 0) is 0 Å². The van der Waals surface area contributed by atoms with Gasteiger partial charge in [0, 0.05) is 0 Å². The van der Waals surface area contributed by atoms with E-state index >= 15 is 0 Å². The van der Waals surface area contributed by atoms with Gasteiger partial charge in [-0.15, -0.1) is 0 Å². The number of hydrogen-bond donors (Lipinski definition) is 0. The van der Waals surface area contributed by atoms with Crippen LogP contribution in [0.3, 0.4) is 0 Å². The summed E-state index contributed by atoms with van der Waals surface area (Å²) in [5.74, 6) is 0. The van der Waals surface area contributed by atoms with Crippen molar-refractivity contribution in [3.05, 3.63) is 546 Å². The average molecular weight is 1840 g/mol. The van der Waals surface area contributed by atoms with Gasteiger partial charge in [-0.1, -0.05) is 461 Å². The highest BCUT2D eigenvalue weighted by Crippen LogP contribution is 2.52. The zero-order valence-corrected chi connectivity index (χ0v) is 80.0. The molecule has 0 radical (unpaired) electrons. The molecule has 30 aromatic carbocycles. The maximum atomic E-state index is 2.41. The minimum Gasteiger partial charge on any atom is -0.0616 e. The second kappa shape index (κ2) is 34.5. The lowest BCUT2D eigenvalue weighted by atomic mass is 9.87. The zero-order valence-electron chi connectivity index (χ0n) is 80.0. The van der Waals surface area contributed by atoms with Crippen molar-refractivity contribution in [3.63, 3.8) is 0 Å². The second-order valence-electron chi connectivity index (χ2n) is 39.5. The van der Waals surface area contributed by atoms with E-state index < -0.39 is 0 Å². The molecule has 146 heavy (non-hydrogen) atoms. The highest BCUT2D eigenvalue weighted by Gasteiger charge is 2.25. The van der Waals surface area contributed by atoms with Crippen LogP contribution in [0.2, 0.25) is 0 Å². The SMILES string of the molecule is c1cc(-c2ccc3cc(-c4cc5ccccc5c5ccccc45)ccc3c2)cc(-c2cc3ccc4ccccc4c3c3ccccc23)c1.c1cc(-c2ccc3cc(-c4ccc5c6c(cccc46)-c4ccccc4-5)ccc3c2)cc(-c2cc3ccc4ccccc4c3c3ccccc23)c1.c1ccc2c(-c3ccc4cc(-c5cc(-c6cc7ccc8ccccc8c7c7ccccc67)c6ccccc6c5)ccc4c3)cccc2c1. The fourth-order valence-corrected chi connectivity index (χ4v) is 24.4. The van der Waals surface area contributed by atoms with Crippen molar-refractivity contribution in [1.82, 2.24) is 0 Å². The first kappa shape index (κ1) is 83.9. The van der Waals surface area contributed by atoms with Crippen LogP contribution < -0.4 is 0 Å². The number of fused-ring (bicyclic) bond motifs is 26. The highest BCUT2D eigenvalue weighted by molar-refractivity contribution is 6.28. The van der Waals surface area contributed by atoms with Crippen LogP contribution >= 0.6 is 0 Å². The Bertz CT molecular complexity index is 10700. The van der Waals surface area contributed by atoms with Gasteiger partial charge in [0.1, 0.15) is 0 Å². The van der Waals surface area contributed by atoms with Crippen LogP contribution in [0.15, 0.2) is 546 Å². The van der Waals surface area contributed by atoms with Gasteiger partial charge in [-0.3, -0.25) is 0 Å². The molecule has 0 unspecified atom stereocenters. The third-order valence-electron chi connectivity index (χ3n) is 31.3. The molecular weight excluding hydrogens is 1750 g/mol. The maximum absolute atomic E-state index is 2.41. The molecule has 0 fully saturated rings. The van der Waals surface area contributed by atoms with Crippen molar-refractivity contribution in [1.29, 1.82) is 0 Å². The molecule has 0 heteroatoms. The van der Waals surface area contributed by atoms with E-state index in [0.29, 0.717) is 0 Å². The van der Waals surface area contributed by atoms with E-state index in [9.17, 15) is 0 Å². The lowest BCUT2D eigenvalue weighted by molar-refractivity contribution is 1.62. The molecule has 0 saturated heterocycles. The van der Waals surface area contributed by atoms with Gasteiger partial charge in [-0.05, 0) is 390 Å². The smallest absolute Gasteiger partial charge is 0.00201 e. The summed E-state index contributed by atoms with van der Waals surface area (Å²) in [5, 5.41) is 43.7. The van der Waals surface area contributed by atoms with Gasteiger partial charge in [0.2, 0.25) is 0 Å². The van der Waals surface area contributed by atoms with Crippen LogP contribution in [0, 0.1) is 0 Å². The average Bonchev–Trinajstić information content (AvgIpc) is 1.26. The van der Waals surface area contributed by atoms with E-state index in [4.69, 9.17) is 0 Å². The lowest BCUT2D eigenvalue weighted by Crippen LogP contribution is -1.89. The third kappa shape index (κ3) is 14.2. The van der Waals surface area contributed by atoms with Gasteiger partial charge >= 0.3 is 0 Å². The van der Waals surface area contributed by atoms with E-state index in [-0.39, 0.29) is 0 Å². The van der Waals surface area contributed by atoms with Crippen LogP contribution in [0.4, 0.5) is 0 Å². The Kier molecular flexibility index (Phi) is 19.8. The van der Waals surface area contributed by atoms with Crippen molar-refractivity contribution >= 4 is 183 Å². The predicted octanol–water partition coefficient (Wildman–Crippen LogP) is 41.3. The Morgan fingerprint density at radius 1 is 0.0685 bits per heavy atom. The van der Waals surface area contributed by atoms with E-state index in [1.807, 2.05) is 0 Å². The van der Waals surface area contributed by atoms with Gasteiger partial charge in [0.15, 0.2) is 0 Å². The monoisotopic (exact) mass is 1840 g/mol. The summed E-state index contributed by atoms with van der Waals surface area (Å²) in [4.78, 5) is 0. The molecule has 674 valence electrons. The molecule has 0 atom stereocenters. The summed E-state index contributed by atoms with van der Waals surface area (Å²) in [7, 11) is 0. The van der Waals surface area contributed by atoms with Crippen LogP contribution in [0.5, 0.6) is 0 Å². The summed E-state index contributed by atoms with van der Waals surface area (Å²) in [6.07, 6.45) is 0. The Morgan fingerprint density at radius 3 is 0.774 bits per heavy atom. The second-order valence-corrected chi connectivity index (χ2v) is 39.5. The summed E-state index contributed by atoms with van der Waals surface area (Å²) >= 11 is 0. The van der Waals surface area contributed by atoms with Gasteiger partial charge < -0.3 is 0 Å². The molecule has 0 heterocycles. The number of hydrogen-bond acceptors (Lipinski definition) is 0. The predicted molar refractivity (Wildman–Crippen MR) is 630 cm³/mol. The molecular formula is C146H90. The van der Waals surface area contributed by atoms with Crippen molar-refractivity contribution in [2.45, 2.75) is 0 Å².